The van der Waals surface area contributed by atoms with E-state index < -0.39 is 74.9 Å². The molecule has 4 N–H and O–H groups in total. The molecule has 14 heteroatoms. The van der Waals surface area contributed by atoms with Crippen LogP contribution in [0.1, 0.15) is 22.3 Å². The zero-order valence-corrected chi connectivity index (χ0v) is 27.8. The second-order valence-corrected chi connectivity index (χ2v) is 14.2. The Morgan fingerprint density at radius 3 is 1.19 bits per heavy atom. The Labute approximate surface area is 299 Å². The van der Waals surface area contributed by atoms with Crippen molar-refractivity contribution in [1.82, 2.24) is 0 Å². The fraction of sp³-hybridized carbons (Fsp3) is 0.316. The maximum atomic E-state index is 10.7. The molecular formula is C38H36B2O12-2. The van der Waals surface area contributed by atoms with Crippen LogP contribution in [0, 0.1) is 0 Å². The fourth-order valence-corrected chi connectivity index (χ4v) is 8.42. The van der Waals surface area contributed by atoms with Crippen LogP contribution in [0.15, 0.2) is 109 Å². The lowest BCUT2D eigenvalue weighted by molar-refractivity contribution is -0.246. The van der Waals surface area contributed by atoms with Crippen molar-refractivity contribution in [2.45, 2.75) is 61.4 Å². The third kappa shape index (κ3) is 5.11. The summed E-state index contributed by atoms with van der Waals surface area (Å²) >= 11 is 0. The summed E-state index contributed by atoms with van der Waals surface area (Å²) in [5.41, 5.74) is 7.06. The van der Waals surface area contributed by atoms with Crippen molar-refractivity contribution < 1.29 is 57.8 Å². The second-order valence-electron chi connectivity index (χ2n) is 14.2. The van der Waals surface area contributed by atoms with Crippen molar-refractivity contribution in [1.29, 1.82) is 0 Å². The highest BCUT2D eigenvalue weighted by atomic mass is 16.9. The molecular weight excluding hydrogens is 670 g/mol. The van der Waals surface area contributed by atoms with E-state index in [2.05, 4.69) is 24.3 Å². The summed E-state index contributed by atoms with van der Waals surface area (Å²) in [5.74, 6) is 0. The minimum Gasteiger partial charge on any atom is -0.539 e. The maximum absolute atomic E-state index is 10.7. The van der Waals surface area contributed by atoms with E-state index in [0.717, 1.165) is 33.4 Å². The third-order valence-electron chi connectivity index (χ3n) is 11.1. The van der Waals surface area contributed by atoms with Gasteiger partial charge in [0.05, 0.1) is 12.2 Å². The first-order valence-electron chi connectivity index (χ1n) is 17.7. The van der Waals surface area contributed by atoms with Crippen LogP contribution >= 0.6 is 0 Å². The zero-order valence-electron chi connectivity index (χ0n) is 27.8. The lowest BCUT2D eigenvalue weighted by Gasteiger charge is -2.43. The van der Waals surface area contributed by atoms with Gasteiger partial charge < -0.3 is 57.8 Å². The largest absolute Gasteiger partial charge is 0.539 e. The Kier molecular flexibility index (Phi) is 7.85. The van der Waals surface area contributed by atoms with Crippen LogP contribution < -0.4 is 10.9 Å². The standard InChI is InChI=1S/C38H36B2O12/c41-31-27-19-45-39(49-35(33(31)43)37(47-27)51-39)25-15-11-23(12-16-25)29(21-7-3-1-4-8-21)30(22-9-5-2-6-10-22)24-13-17-26(18-14-24)40-46-20-28-32(42)34(44)36(50-40)38(48-28)52-40/h1-18,27-28,31-38,41-44H,19-20H2/q-2/b30-29+/t27?,28?,31-,32?,33+,34+,35?,36?,37+,38-,39?,40?/m1/s1. The van der Waals surface area contributed by atoms with Crippen LogP contribution in [0.5, 0.6) is 0 Å². The molecule has 6 bridgehead atoms. The summed E-state index contributed by atoms with van der Waals surface area (Å²) in [4.78, 5) is 0. The Hall–Kier alpha value is -3.73. The molecule has 7 unspecified atom stereocenters. The van der Waals surface area contributed by atoms with E-state index in [-0.39, 0.29) is 13.2 Å². The van der Waals surface area contributed by atoms with Crippen molar-refractivity contribution in [3.63, 3.8) is 0 Å². The summed E-state index contributed by atoms with van der Waals surface area (Å²) in [6, 6.07) is 35.9. The van der Waals surface area contributed by atoms with Crippen molar-refractivity contribution in [2.24, 2.45) is 0 Å². The van der Waals surface area contributed by atoms with Gasteiger partial charge in [0.25, 0.3) is 0 Å². The SMILES string of the molecule is OC1C2CO[B-]3(c4ccc(/C(=C(\c5ccccc5)c5ccc([B-]67OCC8O[C@@H](O6)C(O7)[C@@H](O)[C@@H]8O)cc5)c5ccccc5)cc4)OC([C@H](O2)O3)[C@H]1O. The lowest BCUT2D eigenvalue weighted by Crippen LogP contribution is -2.61. The zero-order chi connectivity index (χ0) is 35.2. The smallest absolute Gasteiger partial charge is 0.411 e. The number of aliphatic hydroxyl groups is 4. The number of rotatable bonds is 6. The van der Waals surface area contributed by atoms with E-state index in [1.807, 2.05) is 84.9 Å². The molecule has 0 radical (unpaired) electrons. The molecule has 0 saturated carbocycles. The number of hydrogen-bond donors (Lipinski definition) is 4. The molecule has 268 valence electrons. The van der Waals surface area contributed by atoms with Gasteiger partial charge in [-0.25, -0.2) is 0 Å². The van der Waals surface area contributed by atoms with Crippen LogP contribution in [0.25, 0.3) is 11.1 Å². The van der Waals surface area contributed by atoms with Crippen molar-refractivity contribution >= 4 is 35.6 Å². The number of fused-ring (bicyclic) bond motifs is 4. The fourth-order valence-electron chi connectivity index (χ4n) is 8.42. The highest BCUT2D eigenvalue weighted by molar-refractivity contribution is 6.76. The van der Waals surface area contributed by atoms with E-state index >= 15 is 0 Å². The summed E-state index contributed by atoms with van der Waals surface area (Å²) in [6.45, 7) is -4.85. The van der Waals surface area contributed by atoms with E-state index in [4.69, 9.17) is 37.4 Å². The Morgan fingerprint density at radius 2 is 0.808 bits per heavy atom. The van der Waals surface area contributed by atoms with Crippen LogP contribution in [0.3, 0.4) is 0 Å². The molecule has 12 nitrogen and oxygen atoms in total. The van der Waals surface area contributed by atoms with Crippen molar-refractivity contribution in [2.75, 3.05) is 13.2 Å². The molecule has 6 heterocycles. The van der Waals surface area contributed by atoms with Gasteiger partial charge in [-0.2, -0.15) is 0 Å². The van der Waals surface area contributed by atoms with Crippen molar-refractivity contribution in [3.05, 3.63) is 131 Å². The Morgan fingerprint density at radius 1 is 0.442 bits per heavy atom. The molecule has 6 aliphatic rings. The van der Waals surface area contributed by atoms with Gasteiger partial charge in [-0.05, 0) is 33.4 Å². The number of ether oxygens (including phenoxy) is 2. The van der Waals surface area contributed by atoms with Gasteiger partial charge >= 0.3 is 13.5 Å². The molecule has 10 rings (SSSR count). The van der Waals surface area contributed by atoms with Crippen LogP contribution in [-0.2, 0) is 37.4 Å². The van der Waals surface area contributed by atoms with Gasteiger partial charge in [-0.3, -0.25) is 0 Å². The highest BCUT2D eigenvalue weighted by Crippen LogP contribution is 2.41. The van der Waals surface area contributed by atoms with Crippen LogP contribution in [0.2, 0.25) is 0 Å². The summed E-state index contributed by atoms with van der Waals surface area (Å²) in [7, 11) is 0. The van der Waals surface area contributed by atoms with Gasteiger partial charge in [0.15, 0.2) is 0 Å². The Balaban J connectivity index is 1.05. The number of benzene rings is 4. The average molecular weight is 706 g/mol. The minimum absolute atomic E-state index is 0.00760. The lowest BCUT2D eigenvalue weighted by atomic mass is 9.68. The van der Waals surface area contributed by atoms with Gasteiger partial charge in [-0.15, -0.1) is 10.9 Å². The number of hydrogen-bond acceptors (Lipinski definition) is 12. The van der Waals surface area contributed by atoms with Crippen LogP contribution in [0.4, 0.5) is 0 Å². The predicted octanol–water partition coefficient (Wildman–Crippen LogP) is 0.770. The predicted molar refractivity (Wildman–Crippen MR) is 187 cm³/mol. The Bertz CT molecular complexity index is 1840. The molecule has 6 aliphatic heterocycles. The van der Waals surface area contributed by atoms with Gasteiger partial charge in [0, 0.05) is 13.2 Å². The quantitative estimate of drug-likeness (QED) is 0.166. The molecule has 0 aromatic heterocycles. The van der Waals surface area contributed by atoms with Gasteiger partial charge in [-0.1, -0.05) is 109 Å². The van der Waals surface area contributed by atoms with Crippen molar-refractivity contribution in [3.8, 4) is 0 Å². The molecule has 0 aliphatic carbocycles. The molecule has 0 amide bonds. The first-order chi connectivity index (χ1) is 25.3. The molecule has 0 spiro atoms. The maximum Gasteiger partial charge on any atom is 0.411 e. The van der Waals surface area contributed by atoms with E-state index in [0.29, 0.717) is 10.9 Å². The first-order valence-corrected chi connectivity index (χ1v) is 17.7. The molecule has 4 aromatic carbocycles. The summed E-state index contributed by atoms with van der Waals surface area (Å²) in [6.07, 6.45) is -9.50. The highest BCUT2D eigenvalue weighted by Gasteiger charge is 2.58. The van der Waals surface area contributed by atoms with E-state index in [1.54, 1.807) is 0 Å². The van der Waals surface area contributed by atoms with E-state index in [9.17, 15) is 20.4 Å². The van der Waals surface area contributed by atoms with Gasteiger partial charge in [0.2, 0.25) is 0 Å². The minimum atomic E-state index is -2.43. The number of aliphatic hydroxyl groups excluding tert-OH is 4. The second kappa shape index (κ2) is 12.4. The molecule has 6 saturated heterocycles. The monoisotopic (exact) mass is 706 g/mol. The summed E-state index contributed by atoms with van der Waals surface area (Å²) < 4.78 is 48.8. The molecule has 4 aromatic rings. The summed E-state index contributed by atoms with van der Waals surface area (Å²) in [5, 5.41) is 42.3. The van der Waals surface area contributed by atoms with E-state index in [1.165, 1.54) is 0 Å². The average Bonchev–Trinajstić information content (AvgIpc) is 3.63. The van der Waals surface area contributed by atoms with Crippen LogP contribution in [-0.4, -0.2) is 109 Å². The normalized spacial score (nSPS) is 39.2. The van der Waals surface area contributed by atoms with Gasteiger partial charge in [0.1, 0.15) is 49.2 Å². The first kappa shape index (κ1) is 32.9. The topological polar surface area (TPSA) is 155 Å². The molecule has 52 heavy (non-hydrogen) atoms. The molecule has 6 fully saturated rings. The third-order valence-corrected chi connectivity index (χ3v) is 11.1. The molecule has 12 atom stereocenters.